The molecule has 1 aliphatic rings. The van der Waals surface area contributed by atoms with Gasteiger partial charge >= 0.3 is 0 Å². The first-order valence-corrected chi connectivity index (χ1v) is 8.66. The highest BCUT2D eigenvalue weighted by atomic mass is 16.3. The van der Waals surface area contributed by atoms with E-state index < -0.39 is 0 Å². The standard InChI is InChI=1S/C17H36N2O2/c1-15(2)12-18-13-17(6-4-5-16(3)11-17)14-19(7-9-20)8-10-21/h15-16,18,20-21H,4-14H2,1-3H3. The maximum atomic E-state index is 9.24. The molecule has 1 fully saturated rings. The summed E-state index contributed by atoms with van der Waals surface area (Å²) in [7, 11) is 0. The zero-order chi connectivity index (χ0) is 15.7. The molecule has 0 aliphatic heterocycles. The van der Waals surface area contributed by atoms with Gasteiger partial charge < -0.3 is 15.5 Å². The topological polar surface area (TPSA) is 55.7 Å². The third kappa shape index (κ3) is 7.09. The van der Waals surface area contributed by atoms with Crippen LogP contribution >= 0.6 is 0 Å². The number of rotatable bonds is 10. The van der Waals surface area contributed by atoms with Crippen LogP contribution in [0.25, 0.3) is 0 Å². The van der Waals surface area contributed by atoms with Crippen LogP contribution in [0.1, 0.15) is 46.5 Å². The lowest BCUT2D eigenvalue weighted by atomic mass is 9.69. The van der Waals surface area contributed by atoms with Gasteiger partial charge in [0, 0.05) is 26.2 Å². The van der Waals surface area contributed by atoms with Crippen molar-refractivity contribution in [3.63, 3.8) is 0 Å². The zero-order valence-electron chi connectivity index (χ0n) is 14.3. The summed E-state index contributed by atoms with van der Waals surface area (Å²) >= 11 is 0. The van der Waals surface area contributed by atoms with Gasteiger partial charge in [-0.2, -0.15) is 0 Å². The Kier molecular flexibility index (Phi) is 8.79. The Hall–Kier alpha value is -0.160. The second-order valence-corrected chi connectivity index (χ2v) is 7.45. The molecule has 126 valence electrons. The van der Waals surface area contributed by atoms with Gasteiger partial charge in [0.1, 0.15) is 0 Å². The lowest BCUT2D eigenvalue weighted by molar-refractivity contribution is 0.0606. The fourth-order valence-electron chi connectivity index (χ4n) is 3.78. The molecule has 0 aromatic carbocycles. The average Bonchev–Trinajstić information content (AvgIpc) is 2.38. The Balaban J connectivity index is 2.65. The van der Waals surface area contributed by atoms with E-state index in [-0.39, 0.29) is 13.2 Å². The molecular weight excluding hydrogens is 264 g/mol. The van der Waals surface area contributed by atoms with Gasteiger partial charge in [0.2, 0.25) is 0 Å². The van der Waals surface area contributed by atoms with E-state index in [9.17, 15) is 10.2 Å². The minimum Gasteiger partial charge on any atom is -0.395 e. The van der Waals surface area contributed by atoms with Crippen molar-refractivity contribution >= 4 is 0 Å². The van der Waals surface area contributed by atoms with Crippen molar-refractivity contribution in [2.24, 2.45) is 17.3 Å². The van der Waals surface area contributed by atoms with Crippen LogP contribution in [-0.4, -0.2) is 61.1 Å². The van der Waals surface area contributed by atoms with Crippen molar-refractivity contribution in [2.75, 3.05) is 45.9 Å². The molecule has 0 amide bonds. The summed E-state index contributed by atoms with van der Waals surface area (Å²) in [6.45, 7) is 11.6. The molecule has 0 heterocycles. The number of aliphatic hydroxyl groups excluding tert-OH is 2. The Morgan fingerprint density at radius 3 is 2.43 bits per heavy atom. The molecule has 0 aromatic heterocycles. The second kappa shape index (κ2) is 9.78. The number of nitrogens with zero attached hydrogens (tertiary/aromatic N) is 1. The van der Waals surface area contributed by atoms with Gasteiger partial charge in [0.05, 0.1) is 13.2 Å². The smallest absolute Gasteiger partial charge is 0.0558 e. The molecule has 0 spiro atoms. The zero-order valence-corrected chi connectivity index (χ0v) is 14.3. The van der Waals surface area contributed by atoms with Gasteiger partial charge in [-0.3, -0.25) is 4.90 Å². The largest absolute Gasteiger partial charge is 0.395 e. The molecular formula is C17H36N2O2. The Labute approximate surface area is 130 Å². The molecule has 4 heteroatoms. The maximum absolute atomic E-state index is 9.24. The summed E-state index contributed by atoms with van der Waals surface area (Å²) in [6.07, 6.45) is 5.16. The van der Waals surface area contributed by atoms with E-state index >= 15 is 0 Å². The number of hydrogen-bond acceptors (Lipinski definition) is 4. The van der Waals surface area contributed by atoms with Crippen LogP contribution in [0.15, 0.2) is 0 Å². The van der Waals surface area contributed by atoms with Crippen molar-refractivity contribution < 1.29 is 10.2 Å². The van der Waals surface area contributed by atoms with Gasteiger partial charge in [-0.05, 0) is 36.6 Å². The third-order valence-electron chi connectivity index (χ3n) is 4.63. The third-order valence-corrected chi connectivity index (χ3v) is 4.63. The summed E-state index contributed by atoms with van der Waals surface area (Å²) in [5, 5.41) is 22.1. The Bertz CT molecular complexity index is 268. The molecule has 3 N–H and O–H groups in total. The summed E-state index contributed by atoms with van der Waals surface area (Å²) in [5.74, 6) is 1.46. The molecule has 0 radical (unpaired) electrons. The predicted octanol–water partition coefficient (Wildman–Crippen LogP) is 1.72. The maximum Gasteiger partial charge on any atom is 0.0558 e. The summed E-state index contributed by atoms with van der Waals surface area (Å²) in [6, 6.07) is 0. The van der Waals surface area contributed by atoms with Gasteiger partial charge in [-0.15, -0.1) is 0 Å². The highest BCUT2D eigenvalue weighted by Gasteiger charge is 2.36. The van der Waals surface area contributed by atoms with E-state index in [1.54, 1.807) is 0 Å². The number of aliphatic hydroxyl groups is 2. The molecule has 1 aliphatic carbocycles. The monoisotopic (exact) mass is 300 g/mol. The summed E-state index contributed by atoms with van der Waals surface area (Å²) < 4.78 is 0. The minimum atomic E-state index is 0.172. The number of nitrogens with one attached hydrogen (secondary N) is 1. The highest BCUT2D eigenvalue weighted by molar-refractivity contribution is 4.90. The van der Waals surface area contributed by atoms with Crippen molar-refractivity contribution in [3.8, 4) is 0 Å². The molecule has 0 saturated heterocycles. The second-order valence-electron chi connectivity index (χ2n) is 7.45. The SMILES string of the molecule is CC(C)CNCC1(CN(CCO)CCO)CCCC(C)C1. The fourth-order valence-corrected chi connectivity index (χ4v) is 3.78. The van der Waals surface area contributed by atoms with E-state index in [1.807, 2.05) is 0 Å². The highest BCUT2D eigenvalue weighted by Crippen LogP contribution is 2.39. The summed E-state index contributed by atoms with van der Waals surface area (Å²) in [4.78, 5) is 2.23. The molecule has 1 saturated carbocycles. The van der Waals surface area contributed by atoms with Gasteiger partial charge in [0.15, 0.2) is 0 Å². The molecule has 2 unspecified atom stereocenters. The van der Waals surface area contributed by atoms with Gasteiger partial charge in [-0.1, -0.05) is 33.6 Å². The van der Waals surface area contributed by atoms with Crippen LogP contribution in [0.4, 0.5) is 0 Å². The van der Waals surface area contributed by atoms with Crippen molar-refractivity contribution in [2.45, 2.75) is 46.5 Å². The predicted molar refractivity (Wildman–Crippen MR) is 88.4 cm³/mol. The first-order valence-electron chi connectivity index (χ1n) is 8.66. The van der Waals surface area contributed by atoms with E-state index in [2.05, 4.69) is 31.0 Å². The molecule has 4 nitrogen and oxygen atoms in total. The molecule has 1 rings (SSSR count). The van der Waals surface area contributed by atoms with Crippen molar-refractivity contribution in [3.05, 3.63) is 0 Å². The summed E-state index contributed by atoms with van der Waals surface area (Å²) in [5.41, 5.74) is 0.302. The van der Waals surface area contributed by atoms with Crippen LogP contribution < -0.4 is 5.32 Å². The van der Waals surface area contributed by atoms with Crippen LogP contribution in [0.3, 0.4) is 0 Å². The first kappa shape index (κ1) is 18.9. The lowest BCUT2D eigenvalue weighted by Crippen LogP contribution is -2.48. The van der Waals surface area contributed by atoms with Crippen molar-refractivity contribution in [1.82, 2.24) is 10.2 Å². The van der Waals surface area contributed by atoms with E-state index in [4.69, 9.17) is 0 Å². The lowest BCUT2D eigenvalue weighted by Gasteiger charge is -2.43. The Morgan fingerprint density at radius 2 is 1.90 bits per heavy atom. The van der Waals surface area contributed by atoms with Crippen LogP contribution in [-0.2, 0) is 0 Å². The van der Waals surface area contributed by atoms with Crippen LogP contribution in [0.2, 0.25) is 0 Å². The number of hydrogen-bond donors (Lipinski definition) is 3. The minimum absolute atomic E-state index is 0.172. The van der Waals surface area contributed by atoms with Gasteiger partial charge in [-0.25, -0.2) is 0 Å². The normalized spacial score (nSPS) is 26.7. The molecule has 0 aromatic rings. The average molecular weight is 300 g/mol. The fraction of sp³-hybridized carbons (Fsp3) is 1.00. The first-order chi connectivity index (χ1) is 10.0. The molecule has 2 atom stereocenters. The quantitative estimate of drug-likeness (QED) is 0.575. The van der Waals surface area contributed by atoms with Gasteiger partial charge in [0.25, 0.3) is 0 Å². The van der Waals surface area contributed by atoms with Crippen molar-refractivity contribution in [1.29, 1.82) is 0 Å². The van der Waals surface area contributed by atoms with Crippen LogP contribution in [0, 0.1) is 17.3 Å². The van der Waals surface area contributed by atoms with Crippen LogP contribution in [0.5, 0.6) is 0 Å². The Morgan fingerprint density at radius 1 is 1.24 bits per heavy atom. The van der Waals surface area contributed by atoms with E-state index in [0.717, 1.165) is 25.6 Å². The van der Waals surface area contributed by atoms with E-state index in [0.29, 0.717) is 24.4 Å². The molecule has 0 bridgehead atoms. The van der Waals surface area contributed by atoms with E-state index in [1.165, 1.54) is 25.7 Å². The molecule has 21 heavy (non-hydrogen) atoms.